The van der Waals surface area contributed by atoms with Crippen LogP contribution in [-0.4, -0.2) is 30.1 Å². The number of hydrogen-bond donors (Lipinski definition) is 1. The van der Waals surface area contributed by atoms with Crippen molar-refractivity contribution in [2.75, 3.05) is 7.05 Å². The molecule has 0 radical (unpaired) electrons. The van der Waals surface area contributed by atoms with Gasteiger partial charge in [-0.2, -0.15) is 0 Å². The Kier molecular flexibility index (Phi) is 5.77. The molecule has 4 atom stereocenters. The van der Waals surface area contributed by atoms with Crippen LogP contribution in [0.1, 0.15) is 59.3 Å². The van der Waals surface area contributed by atoms with Crippen LogP contribution in [0.15, 0.2) is 0 Å². The lowest BCUT2D eigenvalue weighted by atomic mass is 9.79. The summed E-state index contributed by atoms with van der Waals surface area (Å²) < 4.78 is 0. The van der Waals surface area contributed by atoms with Gasteiger partial charge in [0.2, 0.25) is 0 Å². The zero-order valence-electron chi connectivity index (χ0n) is 11.6. The van der Waals surface area contributed by atoms with E-state index in [0.717, 1.165) is 5.92 Å². The lowest BCUT2D eigenvalue weighted by Gasteiger charge is -2.42. The predicted octanol–water partition coefficient (Wildman–Crippen LogP) is 3.01. The van der Waals surface area contributed by atoms with E-state index < -0.39 is 0 Å². The van der Waals surface area contributed by atoms with Crippen LogP contribution >= 0.6 is 0 Å². The largest absolute Gasteiger partial charge is 0.326 e. The Morgan fingerprint density at radius 2 is 2.00 bits per heavy atom. The van der Waals surface area contributed by atoms with Crippen LogP contribution in [0.5, 0.6) is 0 Å². The van der Waals surface area contributed by atoms with Crippen LogP contribution in [0, 0.1) is 5.92 Å². The molecule has 0 bridgehead atoms. The summed E-state index contributed by atoms with van der Waals surface area (Å²) in [6.07, 6.45) is 7.81. The van der Waals surface area contributed by atoms with E-state index in [1.807, 2.05) is 0 Å². The number of hydrogen-bond acceptors (Lipinski definition) is 2. The fourth-order valence-corrected chi connectivity index (χ4v) is 3.01. The molecule has 0 saturated heterocycles. The molecule has 1 rings (SSSR count). The Hall–Kier alpha value is -0.0800. The van der Waals surface area contributed by atoms with Gasteiger partial charge in [-0.3, -0.25) is 4.90 Å². The molecule has 1 fully saturated rings. The molecule has 1 saturated carbocycles. The Balaban J connectivity index is 2.54. The minimum absolute atomic E-state index is 0.395. The highest BCUT2D eigenvalue weighted by Gasteiger charge is 2.31. The summed E-state index contributed by atoms with van der Waals surface area (Å²) in [4.78, 5) is 2.52. The zero-order chi connectivity index (χ0) is 12.1. The first-order chi connectivity index (χ1) is 7.60. The summed E-state index contributed by atoms with van der Waals surface area (Å²) >= 11 is 0. The molecule has 1 aliphatic carbocycles. The van der Waals surface area contributed by atoms with Crippen molar-refractivity contribution in [2.45, 2.75) is 77.4 Å². The van der Waals surface area contributed by atoms with Gasteiger partial charge in [-0.15, -0.1) is 0 Å². The topological polar surface area (TPSA) is 29.3 Å². The monoisotopic (exact) mass is 226 g/mol. The highest BCUT2D eigenvalue weighted by Crippen LogP contribution is 2.30. The molecule has 2 heteroatoms. The van der Waals surface area contributed by atoms with E-state index in [-0.39, 0.29) is 0 Å². The van der Waals surface area contributed by atoms with Gasteiger partial charge in [0.15, 0.2) is 0 Å². The first-order valence-electron chi connectivity index (χ1n) is 7.07. The van der Waals surface area contributed by atoms with Gasteiger partial charge >= 0.3 is 0 Å². The molecule has 4 unspecified atom stereocenters. The van der Waals surface area contributed by atoms with Crippen LogP contribution < -0.4 is 5.73 Å². The Morgan fingerprint density at radius 1 is 1.31 bits per heavy atom. The second-order valence-corrected chi connectivity index (χ2v) is 5.62. The molecule has 1 aliphatic rings. The predicted molar refractivity (Wildman–Crippen MR) is 71.5 cm³/mol. The van der Waals surface area contributed by atoms with E-state index in [0.29, 0.717) is 18.1 Å². The van der Waals surface area contributed by atoms with E-state index in [9.17, 15) is 0 Å². The van der Waals surface area contributed by atoms with Gasteiger partial charge in [-0.25, -0.2) is 0 Å². The molecule has 0 aromatic rings. The normalized spacial score (nSPS) is 33.0. The van der Waals surface area contributed by atoms with Crippen molar-refractivity contribution in [3.05, 3.63) is 0 Å². The molecule has 0 aliphatic heterocycles. The van der Waals surface area contributed by atoms with Crippen molar-refractivity contribution in [2.24, 2.45) is 11.7 Å². The van der Waals surface area contributed by atoms with Crippen LogP contribution in [0.25, 0.3) is 0 Å². The Morgan fingerprint density at radius 3 is 2.56 bits per heavy atom. The molecule has 0 aromatic heterocycles. The van der Waals surface area contributed by atoms with E-state index in [1.165, 1.54) is 38.5 Å². The summed E-state index contributed by atoms with van der Waals surface area (Å²) in [5, 5.41) is 0. The summed E-state index contributed by atoms with van der Waals surface area (Å²) in [6.45, 7) is 6.87. The summed E-state index contributed by atoms with van der Waals surface area (Å²) in [5.41, 5.74) is 6.29. The van der Waals surface area contributed by atoms with Crippen LogP contribution in [0.3, 0.4) is 0 Å². The molecule has 0 heterocycles. The van der Waals surface area contributed by atoms with Crippen molar-refractivity contribution >= 4 is 0 Å². The fraction of sp³-hybridized carbons (Fsp3) is 1.00. The third-order valence-electron chi connectivity index (χ3n) is 4.48. The SMILES string of the molecule is CCCC1CCC(N)C(N(C)C(C)CC)C1. The molecule has 0 spiro atoms. The standard InChI is InChI=1S/C14H30N2/c1-5-7-12-8-9-13(15)14(10-12)16(4)11(3)6-2/h11-14H,5-10,15H2,1-4H3. The summed E-state index contributed by atoms with van der Waals surface area (Å²) in [7, 11) is 2.26. The fourth-order valence-electron chi connectivity index (χ4n) is 3.01. The molecule has 16 heavy (non-hydrogen) atoms. The first-order valence-corrected chi connectivity index (χ1v) is 7.07. The van der Waals surface area contributed by atoms with Crippen molar-refractivity contribution in [3.8, 4) is 0 Å². The van der Waals surface area contributed by atoms with E-state index in [2.05, 4.69) is 32.7 Å². The first kappa shape index (κ1) is 14.0. The number of nitrogens with zero attached hydrogens (tertiary/aromatic N) is 1. The Labute approximate surface area is 102 Å². The summed E-state index contributed by atoms with van der Waals surface area (Å²) in [5.74, 6) is 0.918. The van der Waals surface area contributed by atoms with Crippen LogP contribution in [0.2, 0.25) is 0 Å². The van der Waals surface area contributed by atoms with E-state index in [4.69, 9.17) is 5.73 Å². The van der Waals surface area contributed by atoms with Gasteiger partial charge in [-0.05, 0) is 45.6 Å². The number of nitrogens with two attached hydrogens (primary N) is 1. The lowest BCUT2D eigenvalue weighted by molar-refractivity contribution is 0.0991. The van der Waals surface area contributed by atoms with Gasteiger partial charge in [0.25, 0.3) is 0 Å². The van der Waals surface area contributed by atoms with Crippen molar-refractivity contribution in [1.29, 1.82) is 0 Å². The third kappa shape index (κ3) is 3.46. The average Bonchev–Trinajstić information content (AvgIpc) is 2.30. The van der Waals surface area contributed by atoms with Gasteiger partial charge < -0.3 is 5.73 Å². The Bertz CT molecular complexity index is 193. The zero-order valence-corrected chi connectivity index (χ0v) is 11.6. The second kappa shape index (κ2) is 6.61. The van der Waals surface area contributed by atoms with Crippen LogP contribution in [-0.2, 0) is 0 Å². The van der Waals surface area contributed by atoms with Gasteiger partial charge in [-0.1, -0.05) is 26.7 Å². The molecular formula is C14H30N2. The minimum atomic E-state index is 0.395. The smallest absolute Gasteiger partial charge is 0.0249 e. The van der Waals surface area contributed by atoms with Gasteiger partial charge in [0.1, 0.15) is 0 Å². The second-order valence-electron chi connectivity index (χ2n) is 5.62. The molecule has 2 N–H and O–H groups in total. The molecule has 0 aromatic carbocycles. The number of rotatable bonds is 5. The molecule has 0 amide bonds. The van der Waals surface area contributed by atoms with Crippen molar-refractivity contribution in [1.82, 2.24) is 4.90 Å². The van der Waals surface area contributed by atoms with Crippen molar-refractivity contribution in [3.63, 3.8) is 0 Å². The third-order valence-corrected chi connectivity index (χ3v) is 4.48. The number of likely N-dealkylation sites (N-methyl/N-ethyl adjacent to an activating group) is 1. The van der Waals surface area contributed by atoms with E-state index in [1.54, 1.807) is 0 Å². The highest BCUT2D eigenvalue weighted by molar-refractivity contribution is 4.89. The van der Waals surface area contributed by atoms with Gasteiger partial charge in [0.05, 0.1) is 0 Å². The molecule has 96 valence electrons. The highest BCUT2D eigenvalue weighted by atomic mass is 15.2. The molecular weight excluding hydrogens is 196 g/mol. The van der Waals surface area contributed by atoms with Crippen molar-refractivity contribution < 1.29 is 0 Å². The average molecular weight is 226 g/mol. The summed E-state index contributed by atoms with van der Waals surface area (Å²) in [6, 6.07) is 1.67. The maximum atomic E-state index is 6.29. The van der Waals surface area contributed by atoms with E-state index >= 15 is 0 Å². The maximum Gasteiger partial charge on any atom is 0.0249 e. The minimum Gasteiger partial charge on any atom is -0.326 e. The maximum absolute atomic E-state index is 6.29. The lowest BCUT2D eigenvalue weighted by Crippen LogP contribution is -2.52. The van der Waals surface area contributed by atoms with Crippen LogP contribution in [0.4, 0.5) is 0 Å². The van der Waals surface area contributed by atoms with Gasteiger partial charge in [0, 0.05) is 18.1 Å². The quantitative estimate of drug-likeness (QED) is 0.781. The molecule has 2 nitrogen and oxygen atoms in total.